The summed E-state index contributed by atoms with van der Waals surface area (Å²) in [5, 5.41) is 20.6. The molecule has 1 aliphatic heterocycles. The summed E-state index contributed by atoms with van der Waals surface area (Å²) in [6.45, 7) is 1.16. The average molecular weight is 417 g/mol. The van der Waals surface area contributed by atoms with E-state index in [2.05, 4.69) is 21.0 Å². The molecular weight excluding hydrogens is 400 g/mol. The molecule has 0 spiro atoms. The van der Waals surface area contributed by atoms with Crippen LogP contribution < -0.4 is 4.90 Å². The van der Waals surface area contributed by atoms with Gasteiger partial charge in [-0.15, -0.1) is 0 Å². The van der Waals surface area contributed by atoms with Gasteiger partial charge >= 0.3 is 0 Å². The highest BCUT2D eigenvalue weighted by Crippen LogP contribution is 2.36. The third-order valence-corrected chi connectivity index (χ3v) is 5.62. The van der Waals surface area contributed by atoms with Gasteiger partial charge in [-0.25, -0.2) is 15.0 Å². The molecule has 4 aromatic rings. The van der Waals surface area contributed by atoms with Crippen molar-refractivity contribution in [2.75, 3.05) is 18.0 Å². The van der Waals surface area contributed by atoms with E-state index in [-0.39, 0.29) is 0 Å². The Morgan fingerprint density at radius 3 is 2.73 bits per heavy atom. The van der Waals surface area contributed by atoms with E-state index in [9.17, 15) is 10.4 Å². The minimum absolute atomic E-state index is 0.343. The van der Waals surface area contributed by atoms with Crippen molar-refractivity contribution in [3.8, 4) is 22.9 Å². The third kappa shape index (κ3) is 3.07. The van der Waals surface area contributed by atoms with Crippen LogP contribution in [0.5, 0.6) is 0 Å². The molecule has 148 valence electrons. The van der Waals surface area contributed by atoms with Crippen molar-refractivity contribution in [1.29, 1.82) is 5.26 Å². The van der Waals surface area contributed by atoms with Gasteiger partial charge in [-0.1, -0.05) is 29.8 Å². The first kappa shape index (κ1) is 18.6. The molecule has 0 unspecified atom stereocenters. The molecule has 0 amide bonds. The summed E-state index contributed by atoms with van der Waals surface area (Å²) >= 11 is 6.45. The van der Waals surface area contributed by atoms with E-state index in [4.69, 9.17) is 11.6 Å². The number of hydrogen-bond donors (Lipinski definition) is 1. The van der Waals surface area contributed by atoms with Crippen molar-refractivity contribution < 1.29 is 5.11 Å². The van der Waals surface area contributed by atoms with Gasteiger partial charge in [0.05, 0.1) is 17.1 Å². The minimum atomic E-state index is -0.391. The number of pyridine rings is 1. The molecule has 1 aliphatic rings. The number of aromatic nitrogens is 4. The van der Waals surface area contributed by atoms with Crippen LogP contribution >= 0.6 is 11.6 Å². The lowest BCUT2D eigenvalue weighted by Gasteiger charge is -2.18. The largest absolute Gasteiger partial charge is 0.391 e. The Labute approximate surface area is 177 Å². The zero-order chi connectivity index (χ0) is 20.7. The fraction of sp³-hybridized carbons (Fsp3) is 0.182. The van der Waals surface area contributed by atoms with Crippen LogP contribution in [0, 0.1) is 11.3 Å². The number of hydrogen-bond acceptors (Lipinski definition) is 6. The standard InChI is InChI=1S/C22H17ClN6O/c23-20-19-18(12-29(22(19)27-13-26-20)16-4-2-1-3-5-16)15-8-14(9-24)21(25-10-15)28-7-6-17(30)11-28/h1-5,8,10,12-13,17,30H,6-7,11H2/t17-/m1/s1. The molecule has 3 aromatic heterocycles. The fourth-order valence-electron chi connectivity index (χ4n) is 3.90. The molecule has 0 saturated carbocycles. The van der Waals surface area contributed by atoms with Crippen LogP contribution in [0.15, 0.2) is 55.1 Å². The summed E-state index contributed by atoms with van der Waals surface area (Å²) < 4.78 is 1.95. The lowest BCUT2D eigenvalue weighted by Crippen LogP contribution is -2.23. The molecule has 1 fully saturated rings. The summed E-state index contributed by atoms with van der Waals surface area (Å²) in [4.78, 5) is 15.1. The maximum atomic E-state index is 9.83. The lowest BCUT2D eigenvalue weighted by atomic mass is 10.1. The van der Waals surface area contributed by atoms with Crippen molar-refractivity contribution in [3.05, 3.63) is 65.8 Å². The normalized spacial score (nSPS) is 16.2. The van der Waals surface area contributed by atoms with E-state index in [0.29, 0.717) is 47.1 Å². The zero-order valence-electron chi connectivity index (χ0n) is 15.9. The summed E-state index contributed by atoms with van der Waals surface area (Å²) in [5.41, 5.74) is 3.64. The second-order valence-electron chi connectivity index (χ2n) is 7.21. The molecule has 7 nitrogen and oxygen atoms in total. The van der Waals surface area contributed by atoms with Gasteiger partial charge in [-0.05, 0) is 24.6 Å². The van der Waals surface area contributed by atoms with E-state index in [0.717, 1.165) is 16.8 Å². The van der Waals surface area contributed by atoms with Gasteiger partial charge in [0.1, 0.15) is 29.0 Å². The lowest BCUT2D eigenvalue weighted by molar-refractivity contribution is 0.198. The van der Waals surface area contributed by atoms with Gasteiger partial charge < -0.3 is 14.6 Å². The number of aliphatic hydroxyl groups is 1. The molecule has 0 radical (unpaired) electrons. The Bertz CT molecular complexity index is 1280. The highest BCUT2D eigenvalue weighted by Gasteiger charge is 2.24. The SMILES string of the molecule is N#Cc1cc(-c2cn(-c3ccccc3)c3ncnc(Cl)c23)cnc1N1CC[C@@H](O)C1. The highest BCUT2D eigenvalue weighted by atomic mass is 35.5. The highest BCUT2D eigenvalue weighted by molar-refractivity contribution is 6.35. The van der Waals surface area contributed by atoms with E-state index in [1.165, 1.54) is 6.33 Å². The van der Waals surface area contributed by atoms with Gasteiger partial charge in [-0.3, -0.25) is 0 Å². The Hall–Kier alpha value is -3.47. The number of β-amino-alcohol motifs (C(OH)–C–C–N with tert-alkyl or cyclic N) is 1. The van der Waals surface area contributed by atoms with Crippen molar-refractivity contribution >= 4 is 28.5 Å². The molecule has 0 bridgehead atoms. The minimum Gasteiger partial charge on any atom is -0.391 e. The van der Waals surface area contributed by atoms with Gasteiger partial charge in [0.15, 0.2) is 0 Å². The molecule has 1 aromatic carbocycles. The topological polar surface area (TPSA) is 90.9 Å². The molecular formula is C22H17ClN6O. The van der Waals surface area contributed by atoms with Gasteiger partial charge in [0, 0.05) is 42.3 Å². The van der Waals surface area contributed by atoms with Crippen LogP contribution in [0.25, 0.3) is 27.8 Å². The first-order valence-electron chi connectivity index (χ1n) is 9.56. The molecule has 8 heteroatoms. The number of rotatable bonds is 3. The van der Waals surface area contributed by atoms with E-state index in [1.807, 2.05) is 46.0 Å². The number of fused-ring (bicyclic) bond motifs is 1. The number of anilines is 1. The molecule has 4 heterocycles. The van der Waals surface area contributed by atoms with Crippen molar-refractivity contribution in [2.24, 2.45) is 0 Å². The van der Waals surface area contributed by atoms with Crippen LogP contribution in [0.4, 0.5) is 5.82 Å². The molecule has 1 atom stereocenters. The Morgan fingerprint density at radius 2 is 2.00 bits per heavy atom. The van der Waals surface area contributed by atoms with E-state index in [1.54, 1.807) is 12.3 Å². The van der Waals surface area contributed by atoms with Gasteiger partial charge in [-0.2, -0.15) is 5.26 Å². The summed E-state index contributed by atoms with van der Waals surface area (Å²) in [5.74, 6) is 0.590. The second-order valence-corrected chi connectivity index (χ2v) is 7.56. The number of aliphatic hydroxyl groups excluding tert-OH is 1. The number of para-hydroxylation sites is 1. The number of nitriles is 1. The van der Waals surface area contributed by atoms with Crippen molar-refractivity contribution in [2.45, 2.75) is 12.5 Å². The molecule has 5 rings (SSSR count). The summed E-state index contributed by atoms with van der Waals surface area (Å²) in [7, 11) is 0. The predicted molar refractivity (Wildman–Crippen MR) is 115 cm³/mol. The average Bonchev–Trinajstić information content (AvgIpc) is 3.38. The number of halogens is 1. The maximum absolute atomic E-state index is 9.83. The monoisotopic (exact) mass is 416 g/mol. The molecule has 1 N–H and O–H groups in total. The first-order chi connectivity index (χ1) is 14.7. The quantitative estimate of drug-likeness (QED) is 0.513. The fourth-order valence-corrected chi connectivity index (χ4v) is 4.13. The second kappa shape index (κ2) is 7.41. The van der Waals surface area contributed by atoms with E-state index < -0.39 is 6.10 Å². The van der Waals surface area contributed by atoms with Crippen LogP contribution in [0.2, 0.25) is 5.15 Å². The van der Waals surface area contributed by atoms with Crippen LogP contribution in [0.1, 0.15) is 12.0 Å². The maximum Gasteiger partial charge on any atom is 0.150 e. The Kier molecular flexibility index (Phi) is 4.58. The third-order valence-electron chi connectivity index (χ3n) is 5.33. The predicted octanol–water partition coefficient (Wildman–Crippen LogP) is 3.58. The van der Waals surface area contributed by atoms with Crippen LogP contribution in [-0.2, 0) is 0 Å². The Balaban J connectivity index is 1.68. The molecule has 1 saturated heterocycles. The van der Waals surface area contributed by atoms with Gasteiger partial charge in [0.2, 0.25) is 0 Å². The smallest absolute Gasteiger partial charge is 0.150 e. The zero-order valence-corrected chi connectivity index (χ0v) is 16.7. The number of benzene rings is 1. The summed E-state index contributed by atoms with van der Waals surface area (Å²) in [6.07, 6.45) is 5.39. The van der Waals surface area contributed by atoms with Crippen molar-refractivity contribution in [1.82, 2.24) is 19.5 Å². The van der Waals surface area contributed by atoms with Gasteiger partial charge in [0.25, 0.3) is 0 Å². The van der Waals surface area contributed by atoms with Crippen LogP contribution in [-0.4, -0.2) is 43.8 Å². The molecule has 30 heavy (non-hydrogen) atoms. The van der Waals surface area contributed by atoms with Crippen LogP contribution in [0.3, 0.4) is 0 Å². The molecule has 0 aliphatic carbocycles. The van der Waals surface area contributed by atoms with E-state index >= 15 is 0 Å². The summed E-state index contributed by atoms with van der Waals surface area (Å²) in [6, 6.07) is 13.9. The Morgan fingerprint density at radius 1 is 1.17 bits per heavy atom. The van der Waals surface area contributed by atoms with Crippen molar-refractivity contribution in [3.63, 3.8) is 0 Å². The number of nitrogens with zero attached hydrogens (tertiary/aromatic N) is 6. The first-order valence-corrected chi connectivity index (χ1v) is 9.94.